The van der Waals surface area contributed by atoms with Crippen molar-refractivity contribution in [3.8, 4) is 34.3 Å². The third-order valence-electron chi connectivity index (χ3n) is 4.29. The number of hydrogen-bond donors (Lipinski definition) is 2. The second-order valence-corrected chi connectivity index (χ2v) is 6.44. The van der Waals surface area contributed by atoms with Crippen LogP contribution in [0.3, 0.4) is 0 Å². The minimum absolute atomic E-state index is 0.356. The normalized spacial score (nSPS) is 11.1. The van der Waals surface area contributed by atoms with Crippen LogP contribution >= 0.6 is 12.2 Å². The third kappa shape index (κ3) is 3.81. The van der Waals surface area contributed by atoms with E-state index in [4.69, 9.17) is 21.7 Å². The van der Waals surface area contributed by atoms with Gasteiger partial charge in [-0.05, 0) is 36.5 Å². The zero-order valence-electron chi connectivity index (χ0n) is 15.8. The molecule has 0 unspecified atom stereocenters. The van der Waals surface area contributed by atoms with Crippen molar-refractivity contribution in [2.75, 3.05) is 14.2 Å². The molecule has 0 fully saturated rings. The minimum atomic E-state index is 0.356. The smallest absolute Gasteiger partial charge is 0.216 e. The maximum absolute atomic E-state index is 5.39. The summed E-state index contributed by atoms with van der Waals surface area (Å²) in [6, 6.07) is 17.2. The highest BCUT2D eigenvalue weighted by Crippen LogP contribution is 2.24. The maximum atomic E-state index is 5.39. The van der Waals surface area contributed by atoms with Crippen molar-refractivity contribution in [1.82, 2.24) is 25.1 Å². The van der Waals surface area contributed by atoms with Crippen LogP contribution in [0.1, 0.15) is 5.56 Å². The molecule has 0 bridgehead atoms. The lowest BCUT2D eigenvalue weighted by Gasteiger charge is -2.06. The molecule has 8 nitrogen and oxygen atoms in total. The first-order valence-electron chi connectivity index (χ1n) is 8.74. The summed E-state index contributed by atoms with van der Waals surface area (Å²) in [5.41, 5.74) is 3.24. The van der Waals surface area contributed by atoms with Crippen molar-refractivity contribution >= 4 is 18.4 Å². The lowest BCUT2D eigenvalue weighted by molar-refractivity contribution is 0.402. The third-order valence-corrected chi connectivity index (χ3v) is 4.55. The van der Waals surface area contributed by atoms with E-state index in [1.165, 1.54) is 4.68 Å². The molecule has 9 heteroatoms. The molecule has 146 valence electrons. The number of aromatic nitrogens is 5. The van der Waals surface area contributed by atoms with E-state index >= 15 is 0 Å². The molecular formula is C20H18N6O2S. The van der Waals surface area contributed by atoms with Gasteiger partial charge in [0, 0.05) is 11.1 Å². The van der Waals surface area contributed by atoms with Gasteiger partial charge in [0.2, 0.25) is 10.6 Å². The van der Waals surface area contributed by atoms with Crippen LogP contribution in [0.5, 0.6) is 11.5 Å². The number of aromatic amines is 2. The van der Waals surface area contributed by atoms with Crippen LogP contribution in [0.2, 0.25) is 0 Å². The summed E-state index contributed by atoms with van der Waals surface area (Å²) >= 11 is 5.34. The highest BCUT2D eigenvalue weighted by molar-refractivity contribution is 7.71. The van der Waals surface area contributed by atoms with Gasteiger partial charge < -0.3 is 9.47 Å². The van der Waals surface area contributed by atoms with Gasteiger partial charge >= 0.3 is 0 Å². The summed E-state index contributed by atoms with van der Waals surface area (Å²) in [5.74, 6) is 1.88. The molecule has 0 saturated carbocycles. The summed E-state index contributed by atoms with van der Waals surface area (Å²) < 4.78 is 12.5. The Hall–Kier alpha value is -3.72. The van der Waals surface area contributed by atoms with E-state index in [0.29, 0.717) is 27.8 Å². The van der Waals surface area contributed by atoms with Crippen molar-refractivity contribution in [3.63, 3.8) is 0 Å². The molecule has 0 amide bonds. The van der Waals surface area contributed by atoms with Crippen LogP contribution in [-0.4, -0.2) is 45.5 Å². The number of nitrogens with zero attached hydrogens (tertiary/aromatic N) is 4. The molecule has 0 aliphatic heterocycles. The number of rotatable bonds is 6. The summed E-state index contributed by atoms with van der Waals surface area (Å²) in [4.78, 5) is 0. The monoisotopic (exact) mass is 406 g/mol. The molecule has 0 radical (unpaired) electrons. The van der Waals surface area contributed by atoms with E-state index < -0.39 is 0 Å². The fourth-order valence-corrected chi connectivity index (χ4v) is 3.01. The summed E-state index contributed by atoms with van der Waals surface area (Å²) in [6.45, 7) is 0. The highest BCUT2D eigenvalue weighted by Gasteiger charge is 2.13. The molecule has 4 aromatic rings. The first kappa shape index (κ1) is 18.6. The number of benzene rings is 2. The Morgan fingerprint density at radius 2 is 1.83 bits per heavy atom. The van der Waals surface area contributed by atoms with Gasteiger partial charge in [-0.25, -0.2) is 5.10 Å². The Morgan fingerprint density at radius 1 is 1.00 bits per heavy atom. The van der Waals surface area contributed by atoms with Crippen molar-refractivity contribution in [2.45, 2.75) is 0 Å². The van der Waals surface area contributed by atoms with Gasteiger partial charge in [-0.1, -0.05) is 30.3 Å². The lowest BCUT2D eigenvalue weighted by Crippen LogP contribution is -1.97. The molecule has 0 aliphatic carbocycles. The Bertz CT molecular complexity index is 1210. The number of ether oxygens (including phenoxy) is 2. The second-order valence-electron chi connectivity index (χ2n) is 6.05. The molecular weight excluding hydrogens is 388 g/mol. The topological polar surface area (TPSA) is 93.1 Å². The zero-order chi connectivity index (χ0) is 20.2. The predicted octanol–water partition coefficient (Wildman–Crippen LogP) is 3.90. The van der Waals surface area contributed by atoms with Crippen LogP contribution in [-0.2, 0) is 0 Å². The molecule has 0 saturated heterocycles. The van der Waals surface area contributed by atoms with Crippen molar-refractivity contribution in [3.05, 3.63) is 64.9 Å². The van der Waals surface area contributed by atoms with Gasteiger partial charge in [0.05, 0.1) is 26.1 Å². The summed E-state index contributed by atoms with van der Waals surface area (Å²) in [7, 11) is 3.21. The molecule has 4 rings (SSSR count). The Balaban J connectivity index is 1.70. The summed E-state index contributed by atoms with van der Waals surface area (Å²) in [6.07, 6.45) is 1.64. The first-order chi connectivity index (χ1) is 14.2. The minimum Gasteiger partial charge on any atom is -0.497 e. The van der Waals surface area contributed by atoms with Gasteiger partial charge in [-0.3, -0.25) is 5.10 Å². The lowest BCUT2D eigenvalue weighted by atomic mass is 10.1. The van der Waals surface area contributed by atoms with Crippen molar-refractivity contribution in [1.29, 1.82) is 0 Å². The van der Waals surface area contributed by atoms with E-state index in [-0.39, 0.29) is 0 Å². The first-order valence-corrected chi connectivity index (χ1v) is 9.15. The van der Waals surface area contributed by atoms with Crippen LogP contribution in [0.4, 0.5) is 0 Å². The Morgan fingerprint density at radius 3 is 2.59 bits per heavy atom. The fourth-order valence-electron chi connectivity index (χ4n) is 2.83. The second kappa shape index (κ2) is 8.11. The van der Waals surface area contributed by atoms with E-state index in [1.807, 2.05) is 54.6 Å². The Kier molecular flexibility index (Phi) is 5.21. The number of H-pyrrole nitrogens is 2. The molecule has 2 aromatic heterocycles. The van der Waals surface area contributed by atoms with Gasteiger partial charge in [0.15, 0.2) is 0 Å². The maximum Gasteiger partial charge on any atom is 0.216 e. The van der Waals surface area contributed by atoms with Gasteiger partial charge in [0.25, 0.3) is 0 Å². The Labute approximate surface area is 171 Å². The van der Waals surface area contributed by atoms with Crippen LogP contribution < -0.4 is 9.47 Å². The van der Waals surface area contributed by atoms with Crippen molar-refractivity contribution < 1.29 is 9.47 Å². The van der Waals surface area contributed by atoms with Crippen molar-refractivity contribution in [2.24, 2.45) is 5.10 Å². The largest absolute Gasteiger partial charge is 0.497 e. The van der Waals surface area contributed by atoms with Crippen LogP contribution in [0.15, 0.2) is 59.7 Å². The number of hydrogen-bond acceptors (Lipinski definition) is 6. The van der Waals surface area contributed by atoms with E-state index in [1.54, 1.807) is 20.4 Å². The van der Waals surface area contributed by atoms with E-state index in [2.05, 4.69) is 25.5 Å². The summed E-state index contributed by atoms with van der Waals surface area (Å²) in [5, 5.41) is 18.9. The molecule has 2 heterocycles. The molecule has 2 aromatic carbocycles. The average Bonchev–Trinajstić information content (AvgIpc) is 3.39. The molecule has 29 heavy (non-hydrogen) atoms. The van der Waals surface area contributed by atoms with E-state index in [9.17, 15) is 0 Å². The fraction of sp³-hybridized carbons (Fsp3) is 0.100. The van der Waals surface area contributed by atoms with Gasteiger partial charge in [-0.2, -0.15) is 20.0 Å². The predicted molar refractivity (Wildman–Crippen MR) is 113 cm³/mol. The van der Waals surface area contributed by atoms with Gasteiger partial charge in [-0.15, -0.1) is 0 Å². The van der Waals surface area contributed by atoms with E-state index in [0.717, 1.165) is 16.8 Å². The molecule has 0 spiro atoms. The zero-order valence-corrected chi connectivity index (χ0v) is 16.6. The standard InChI is InChI=1S/C20H18N6O2S/c1-27-15-8-9-18(28-2)14(10-15)12-21-26-19(24-25-20(26)29)17-11-16(22-23-17)13-6-4-3-5-7-13/h3-12H,1-2H3,(H,22,23)(H,25,29)/b21-12-. The molecule has 2 N–H and O–H groups in total. The number of methoxy groups -OCH3 is 2. The number of nitrogens with one attached hydrogen (secondary N) is 2. The van der Waals surface area contributed by atoms with Crippen LogP contribution in [0.25, 0.3) is 22.8 Å². The highest BCUT2D eigenvalue weighted by atomic mass is 32.1. The molecule has 0 atom stereocenters. The quantitative estimate of drug-likeness (QED) is 0.374. The molecule has 0 aliphatic rings. The SMILES string of the molecule is COc1ccc(OC)c(/C=N\n2c(-c3cc(-c4ccccc4)n[nH]3)n[nH]c2=S)c1. The average molecular weight is 406 g/mol. The van der Waals surface area contributed by atoms with Crippen LogP contribution in [0, 0.1) is 4.77 Å². The van der Waals surface area contributed by atoms with Gasteiger partial charge in [0.1, 0.15) is 17.2 Å².